The summed E-state index contributed by atoms with van der Waals surface area (Å²) in [6.07, 6.45) is -58.4. The topological polar surface area (TPSA) is 506 Å². The molecular formula is C36H62O31. The molecule has 0 aromatic heterocycles. The van der Waals surface area contributed by atoms with Crippen LogP contribution in [-0.2, 0) is 52.1 Å². The van der Waals surface area contributed by atoms with Gasteiger partial charge in [0, 0.05) is 0 Å². The molecule has 0 aromatic carbocycles. The Bertz CT molecular complexity index is 1510. The van der Waals surface area contributed by atoms with Gasteiger partial charge in [-0.25, -0.2) is 0 Å². The van der Waals surface area contributed by atoms with E-state index in [9.17, 15) is 102 Å². The second-order valence-corrected chi connectivity index (χ2v) is 16.8. The minimum Gasteiger partial charge on any atom is -0.394 e. The maximum Gasteiger partial charge on any atom is 0.187 e. The van der Waals surface area contributed by atoms with Crippen molar-refractivity contribution in [2.45, 2.75) is 184 Å². The molecule has 0 aliphatic carbocycles. The van der Waals surface area contributed by atoms with Crippen LogP contribution in [0.5, 0.6) is 0 Å². The molecule has 0 bridgehead atoms. The number of hydrogen-bond acceptors (Lipinski definition) is 31. The third-order valence-corrected chi connectivity index (χ3v) is 12.4. The molecule has 6 aliphatic rings. The van der Waals surface area contributed by atoms with Crippen LogP contribution in [0.15, 0.2) is 0 Å². The van der Waals surface area contributed by atoms with E-state index in [1.807, 2.05) is 0 Å². The Balaban J connectivity index is 1.18. The monoisotopic (exact) mass is 990 g/mol. The molecule has 6 heterocycles. The third-order valence-electron chi connectivity index (χ3n) is 12.4. The van der Waals surface area contributed by atoms with Gasteiger partial charge in [-0.05, 0) is 0 Å². The van der Waals surface area contributed by atoms with Crippen molar-refractivity contribution in [2.24, 2.45) is 0 Å². The number of hydrogen-bond donors (Lipinski definition) is 20. The van der Waals surface area contributed by atoms with Crippen LogP contribution in [0.4, 0.5) is 0 Å². The van der Waals surface area contributed by atoms with Gasteiger partial charge in [0.2, 0.25) is 0 Å². The lowest BCUT2D eigenvalue weighted by Crippen LogP contribution is -2.68. The zero-order chi connectivity index (χ0) is 49.3. The summed E-state index contributed by atoms with van der Waals surface area (Å²) in [4.78, 5) is 0. The number of rotatable bonds is 16. The summed E-state index contributed by atoms with van der Waals surface area (Å²) in [6, 6.07) is 0. The van der Waals surface area contributed by atoms with Crippen molar-refractivity contribution in [2.75, 3.05) is 39.6 Å². The van der Waals surface area contributed by atoms with Crippen molar-refractivity contribution in [1.29, 1.82) is 0 Å². The summed E-state index contributed by atoms with van der Waals surface area (Å²) in [5.41, 5.74) is 0. The molecule has 6 saturated heterocycles. The predicted molar refractivity (Wildman–Crippen MR) is 199 cm³/mol. The standard InChI is InChI=1S/C36H62O31/c37-1-7-13(43)18(48)21(51)32(58-7)64-27-14(44)9(3-39)60-34(23(27)53)66-29-16(46)11(5-41)62-36(25(29)55)67-30-17(47)10(4-40)61-35(24(30)54)65-28-15(45)8(2-38)59-33(22(28)52)63-26-12(6-42)57-31(56)20(50)19(26)49/h7-56H,1-6H2. The van der Waals surface area contributed by atoms with Gasteiger partial charge in [-0.15, -0.1) is 0 Å². The molecule has 0 amide bonds. The molecule has 31 nitrogen and oxygen atoms in total. The fraction of sp³-hybridized carbons (Fsp3) is 1.00. The predicted octanol–water partition coefficient (Wildman–Crippen LogP) is -14.1. The minimum absolute atomic E-state index is 0.875. The van der Waals surface area contributed by atoms with Crippen LogP contribution >= 0.6 is 0 Å². The molecule has 6 fully saturated rings. The molecule has 0 saturated carbocycles. The van der Waals surface area contributed by atoms with Crippen LogP contribution in [0.25, 0.3) is 0 Å². The lowest BCUT2D eigenvalue weighted by Gasteiger charge is -2.50. The van der Waals surface area contributed by atoms with Crippen LogP contribution in [0, 0.1) is 0 Å². The van der Waals surface area contributed by atoms with Crippen molar-refractivity contribution >= 4 is 0 Å². The highest BCUT2D eigenvalue weighted by Gasteiger charge is 2.58. The Kier molecular flexibility index (Phi) is 19.4. The summed E-state index contributed by atoms with van der Waals surface area (Å²) < 4.78 is 60.7. The van der Waals surface area contributed by atoms with Gasteiger partial charge in [0.25, 0.3) is 0 Å². The average molecular weight is 991 g/mol. The zero-order valence-electron chi connectivity index (χ0n) is 35.0. The van der Waals surface area contributed by atoms with Gasteiger partial charge in [0.05, 0.1) is 39.6 Å². The maximum atomic E-state index is 11.5. The fourth-order valence-corrected chi connectivity index (χ4v) is 8.49. The summed E-state index contributed by atoms with van der Waals surface area (Å²) in [7, 11) is 0. The molecule has 30 unspecified atom stereocenters. The van der Waals surface area contributed by atoms with Gasteiger partial charge in [-0.2, -0.15) is 0 Å². The average Bonchev–Trinajstić information content (AvgIpc) is 3.31. The molecule has 31 heteroatoms. The normalized spacial score (nSPS) is 53.4. The van der Waals surface area contributed by atoms with Gasteiger partial charge in [-0.1, -0.05) is 0 Å². The molecular weight excluding hydrogens is 928 g/mol. The minimum atomic E-state index is -2.25. The van der Waals surface area contributed by atoms with Crippen molar-refractivity contribution in [3.63, 3.8) is 0 Å². The molecule has 0 aromatic rings. The van der Waals surface area contributed by atoms with Crippen LogP contribution in [0.3, 0.4) is 0 Å². The van der Waals surface area contributed by atoms with Crippen LogP contribution in [-0.4, -0.2) is 326 Å². The fourth-order valence-electron chi connectivity index (χ4n) is 8.49. The highest BCUT2D eigenvalue weighted by molar-refractivity contribution is 5.00. The van der Waals surface area contributed by atoms with Crippen LogP contribution < -0.4 is 0 Å². The van der Waals surface area contributed by atoms with Crippen LogP contribution in [0.1, 0.15) is 0 Å². The Morgan fingerprint density at radius 3 is 0.761 bits per heavy atom. The van der Waals surface area contributed by atoms with E-state index in [1.54, 1.807) is 0 Å². The zero-order valence-corrected chi connectivity index (χ0v) is 35.0. The summed E-state index contributed by atoms with van der Waals surface area (Å²) >= 11 is 0. The second-order valence-electron chi connectivity index (χ2n) is 16.8. The Labute approximate surface area is 378 Å². The maximum absolute atomic E-state index is 11.5. The first kappa shape index (κ1) is 55.1. The highest BCUT2D eigenvalue weighted by atomic mass is 16.8. The van der Waals surface area contributed by atoms with E-state index in [0.29, 0.717) is 0 Å². The molecule has 6 rings (SSSR count). The number of aliphatic hydroxyl groups is 20. The quantitative estimate of drug-likeness (QED) is 0.0683. The smallest absolute Gasteiger partial charge is 0.187 e. The van der Waals surface area contributed by atoms with E-state index >= 15 is 0 Å². The second kappa shape index (κ2) is 23.5. The van der Waals surface area contributed by atoms with Crippen molar-refractivity contribution in [3.8, 4) is 0 Å². The van der Waals surface area contributed by atoms with Crippen molar-refractivity contribution in [3.05, 3.63) is 0 Å². The Hall–Kier alpha value is -1.24. The first-order valence-electron chi connectivity index (χ1n) is 21.1. The highest BCUT2D eigenvalue weighted by Crippen LogP contribution is 2.37. The SMILES string of the molecule is OCC1OC(OC2C(O)C(CO)OC(OC3C(O)C(CO)OC(OC4C(O)C(CO)OC(OC5C(O)C(CO)OC(OC6C(CO)OC(O)C(O)C6O)C5O)C4O)C3O)C2O)C(O)C(O)C1O. The van der Waals surface area contributed by atoms with Crippen molar-refractivity contribution < 1.29 is 154 Å². The molecule has 6 aliphatic heterocycles. The van der Waals surface area contributed by atoms with Crippen molar-refractivity contribution in [1.82, 2.24) is 0 Å². The largest absolute Gasteiger partial charge is 0.394 e. The van der Waals surface area contributed by atoms with Gasteiger partial charge in [0.1, 0.15) is 146 Å². The van der Waals surface area contributed by atoms with E-state index in [-0.39, 0.29) is 0 Å². The molecule has 0 spiro atoms. The van der Waals surface area contributed by atoms with E-state index < -0.39 is 224 Å². The summed E-state index contributed by atoms with van der Waals surface area (Å²) in [6.45, 7) is -5.81. The molecule has 67 heavy (non-hydrogen) atoms. The van der Waals surface area contributed by atoms with Gasteiger partial charge < -0.3 is 154 Å². The molecule has 30 atom stereocenters. The molecule has 0 radical (unpaired) electrons. The van der Waals surface area contributed by atoms with Gasteiger partial charge in [0.15, 0.2) is 37.7 Å². The first-order chi connectivity index (χ1) is 31.8. The lowest BCUT2D eigenvalue weighted by atomic mass is 9.95. The summed E-state index contributed by atoms with van der Waals surface area (Å²) in [5, 5.41) is 211. The van der Waals surface area contributed by atoms with Crippen LogP contribution in [0.2, 0.25) is 0 Å². The summed E-state index contributed by atoms with van der Waals surface area (Å²) in [5.74, 6) is 0. The van der Waals surface area contributed by atoms with E-state index in [1.165, 1.54) is 0 Å². The van der Waals surface area contributed by atoms with E-state index in [2.05, 4.69) is 0 Å². The van der Waals surface area contributed by atoms with Gasteiger partial charge >= 0.3 is 0 Å². The van der Waals surface area contributed by atoms with Gasteiger partial charge in [-0.3, -0.25) is 0 Å². The van der Waals surface area contributed by atoms with E-state index in [4.69, 9.17) is 52.1 Å². The van der Waals surface area contributed by atoms with E-state index in [0.717, 1.165) is 0 Å². The Morgan fingerprint density at radius 1 is 0.224 bits per heavy atom. The lowest BCUT2D eigenvalue weighted by molar-refractivity contribution is -0.398. The number of ether oxygens (including phenoxy) is 11. The first-order valence-corrected chi connectivity index (χ1v) is 21.1. The molecule has 20 N–H and O–H groups in total. The number of aliphatic hydroxyl groups excluding tert-OH is 20. The molecule has 392 valence electrons. The Morgan fingerprint density at radius 2 is 0.478 bits per heavy atom. The third kappa shape index (κ3) is 11.2.